The molecule has 2 aromatic heterocycles. The zero-order chi connectivity index (χ0) is 14.1. The number of hydrogen-bond donors (Lipinski definition) is 1. The molecule has 0 aliphatic rings. The van der Waals surface area contributed by atoms with Gasteiger partial charge in [0.2, 0.25) is 0 Å². The first-order valence-electron chi connectivity index (χ1n) is 5.50. The average molecular weight is 289 g/mol. The molecule has 0 amide bonds. The summed E-state index contributed by atoms with van der Waals surface area (Å²) in [5, 5.41) is 16.2. The van der Waals surface area contributed by atoms with Gasteiger partial charge in [-0.25, -0.2) is 4.39 Å². The van der Waals surface area contributed by atoms with E-state index < -0.39 is 5.82 Å². The minimum atomic E-state index is -0.481. The molecule has 3 aromatic rings. The minimum absolute atomic E-state index is 0.172. The molecule has 0 fully saturated rings. The van der Waals surface area contributed by atoms with Crippen LogP contribution in [0.4, 0.5) is 15.9 Å². The van der Waals surface area contributed by atoms with Gasteiger partial charge in [-0.15, -0.1) is 0 Å². The molecule has 20 heavy (non-hydrogen) atoms. The molecule has 0 bridgehead atoms. The first-order chi connectivity index (χ1) is 9.67. The van der Waals surface area contributed by atoms with Gasteiger partial charge in [-0.1, -0.05) is 11.6 Å². The largest absolute Gasteiger partial charge is 0.339 e. The van der Waals surface area contributed by atoms with Crippen molar-refractivity contribution in [2.45, 2.75) is 0 Å². The third kappa shape index (κ3) is 2.13. The summed E-state index contributed by atoms with van der Waals surface area (Å²) in [6.07, 6.45) is 1.33. The van der Waals surface area contributed by atoms with E-state index in [0.717, 1.165) is 6.07 Å². The zero-order valence-electron chi connectivity index (χ0n) is 9.88. The van der Waals surface area contributed by atoms with E-state index >= 15 is 0 Å². The molecule has 0 unspecified atom stereocenters. The predicted molar refractivity (Wildman–Crippen MR) is 70.2 cm³/mol. The van der Waals surface area contributed by atoms with Crippen LogP contribution in [-0.4, -0.2) is 19.6 Å². The first kappa shape index (κ1) is 12.3. The Morgan fingerprint density at radius 3 is 3.00 bits per heavy atom. The lowest BCUT2D eigenvalue weighted by molar-refractivity contribution is 0.627. The molecule has 6 nitrogen and oxygen atoms in total. The quantitative estimate of drug-likeness (QED) is 0.733. The van der Waals surface area contributed by atoms with E-state index in [1.54, 1.807) is 0 Å². The zero-order valence-corrected chi connectivity index (χ0v) is 10.6. The highest BCUT2D eigenvalue weighted by atomic mass is 35.5. The van der Waals surface area contributed by atoms with E-state index in [1.165, 1.54) is 29.0 Å². The van der Waals surface area contributed by atoms with Crippen LogP contribution in [0.25, 0.3) is 5.78 Å². The number of nitriles is 1. The van der Waals surface area contributed by atoms with Gasteiger partial charge >= 0.3 is 0 Å². The van der Waals surface area contributed by atoms with Gasteiger partial charge in [0.25, 0.3) is 5.78 Å². The molecule has 3 rings (SSSR count). The Morgan fingerprint density at radius 1 is 1.35 bits per heavy atom. The first-order valence-corrected chi connectivity index (χ1v) is 5.88. The highest BCUT2D eigenvalue weighted by Gasteiger charge is 2.09. The van der Waals surface area contributed by atoms with Crippen molar-refractivity contribution >= 4 is 28.9 Å². The van der Waals surface area contributed by atoms with Crippen LogP contribution in [0.3, 0.4) is 0 Å². The average Bonchev–Trinajstić information content (AvgIpc) is 2.88. The molecular weight excluding hydrogens is 283 g/mol. The summed E-state index contributed by atoms with van der Waals surface area (Å²) < 4.78 is 14.5. The van der Waals surface area contributed by atoms with Gasteiger partial charge in [0.05, 0.1) is 11.3 Å². The molecule has 0 aliphatic heterocycles. The standard InChI is InChI=1S/C12H6ClFN6/c13-10-4-11(20-12(19-10)16-6-17-20)18-9-2-1-8(14)3-7(9)5-15/h1-4,6,18H. The highest BCUT2D eigenvalue weighted by molar-refractivity contribution is 6.29. The molecule has 98 valence electrons. The summed E-state index contributed by atoms with van der Waals surface area (Å²) in [5.41, 5.74) is 0.610. The van der Waals surface area contributed by atoms with E-state index in [4.69, 9.17) is 16.9 Å². The number of nitrogens with zero attached hydrogens (tertiary/aromatic N) is 5. The Kier molecular flexibility index (Phi) is 2.93. The SMILES string of the molecule is N#Cc1cc(F)ccc1Nc1cc(Cl)nc2ncnn12. The van der Waals surface area contributed by atoms with Gasteiger partial charge in [-0.05, 0) is 18.2 Å². The second-order valence-electron chi connectivity index (χ2n) is 3.86. The van der Waals surface area contributed by atoms with E-state index in [2.05, 4.69) is 20.4 Å². The lowest BCUT2D eigenvalue weighted by Gasteiger charge is -2.09. The number of aromatic nitrogens is 4. The summed E-state index contributed by atoms with van der Waals surface area (Å²) in [6.45, 7) is 0. The van der Waals surface area contributed by atoms with Crippen molar-refractivity contribution in [3.05, 3.63) is 47.1 Å². The molecule has 0 radical (unpaired) electrons. The van der Waals surface area contributed by atoms with Crippen LogP contribution in [0.15, 0.2) is 30.6 Å². The Morgan fingerprint density at radius 2 is 2.20 bits per heavy atom. The Bertz CT molecular complexity index is 838. The number of nitrogens with one attached hydrogen (secondary N) is 1. The van der Waals surface area contributed by atoms with Crippen LogP contribution in [0.1, 0.15) is 5.56 Å². The van der Waals surface area contributed by atoms with Crippen LogP contribution < -0.4 is 5.32 Å². The molecular formula is C12H6ClFN6. The lowest BCUT2D eigenvalue weighted by atomic mass is 10.2. The monoisotopic (exact) mass is 288 g/mol. The van der Waals surface area contributed by atoms with Gasteiger partial charge in [-0.3, -0.25) is 0 Å². The molecule has 0 atom stereocenters. The Balaban J connectivity index is 2.10. The Labute approximate surface area is 117 Å². The van der Waals surface area contributed by atoms with Crippen molar-refractivity contribution in [3.8, 4) is 6.07 Å². The molecule has 1 aromatic carbocycles. The summed E-state index contributed by atoms with van der Waals surface area (Å²) in [5.74, 6) is 0.312. The molecule has 0 aliphatic carbocycles. The molecule has 0 saturated heterocycles. The fraction of sp³-hybridized carbons (Fsp3) is 0. The van der Waals surface area contributed by atoms with Crippen molar-refractivity contribution in [2.75, 3.05) is 5.32 Å². The van der Waals surface area contributed by atoms with Crippen LogP contribution in [0.2, 0.25) is 5.15 Å². The maximum Gasteiger partial charge on any atom is 0.255 e. The van der Waals surface area contributed by atoms with Crippen molar-refractivity contribution < 1.29 is 4.39 Å². The smallest absolute Gasteiger partial charge is 0.255 e. The number of fused-ring (bicyclic) bond motifs is 1. The van der Waals surface area contributed by atoms with Crippen LogP contribution in [-0.2, 0) is 0 Å². The third-order valence-electron chi connectivity index (χ3n) is 2.59. The third-order valence-corrected chi connectivity index (χ3v) is 2.78. The van der Waals surface area contributed by atoms with Gasteiger partial charge in [0, 0.05) is 6.07 Å². The molecule has 0 spiro atoms. The minimum Gasteiger partial charge on any atom is -0.339 e. The normalized spacial score (nSPS) is 10.4. The van der Waals surface area contributed by atoms with Gasteiger partial charge in [0.15, 0.2) is 0 Å². The summed E-state index contributed by atoms with van der Waals surface area (Å²) in [6, 6.07) is 7.31. The number of hydrogen-bond acceptors (Lipinski definition) is 5. The summed E-state index contributed by atoms with van der Waals surface area (Å²) >= 11 is 5.89. The number of benzene rings is 1. The van der Waals surface area contributed by atoms with Gasteiger partial charge < -0.3 is 5.32 Å². The maximum atomic E-state index is 13.1. The second-order valence-corrected chi connectivity index (χ2v) is 4.25. The Hall–Kier alpha value is -2.72. The van der Waals surface area contributed by atoms with Crippen LogP contribution >= 0.6 is 11.6 Å². The van der Waals surface area contributed by atoms with E-state index in [-0.39, 0.29) is 10.7 Å². The summed E-state index contributed by atoms with van der Waals surface area (Å²) in [4.78, 5) is 7.91. The second kappa shape index (κ2) is 4.75. The fourth-order valence-electron chi connectivity index (χ4n) is 1.73. The fourth-order valence-corrected chi connectivity index (χ4v) is 1.91. The predicted octanol–water partition coefficient (Wildman–Crippen LogP) is 2.53. The summed E-state index contributed by atoms with van der Waals surface area (Å²) in [7, 11) is 0. The van der Waals surface area contributed by atoms with E-state index in [0.29, 0.717) is 17.3 Å². The molecule has 8 heteroatoms. The van der Waals surface area contributed by atoms with Gasteiger partial charge in [0.1, 0.15) is 29.2 Å². The highest BCUT2D eigenvalue weighted by Crippen LogP contribution is 2.23. The van der Waals surface area contributed by atoms with Crippen molar-refractivity contribution in [3.63, 3.8) is 0 Å². The number of halogens is 2. The van der Waals surface area contributed by atoms with Crippen molar-refractivity contribution in [1.82, 2.24) is 19.6 Å². The van der Waals surface area contributed by atoms with Crippen molar-refractivity contribution in [1.29, 1.82) is 5.26 Å². The molecule has 2 heterocycles. The van der Waals surface area contributed by atoms with Crippen LogP contribution in [0.5, 0.6) is 0 Å². The number of anilines is 2. The lowest BCUT2D eigenvalue weighted by Crippen LogP contribution is -2.03. The van der Waals surface area contributed by atoms with Crippen LogP contribution in [0, 0.1) is 17.1 Å². The van der Waals surface area contributed by atoms with E-state index in [1.807, 2.05) is 6.07 Å². The van der Waals surface area contributed by atoms with Gasteiger partial charge in [-0.2, -0.15) is 24.8 Å². The topological polar surface area (TPSA) is 78.9 Å². The molecule has 1 N–H and O–H groups in total. The molecule has 0 saturated carbocycles. The van der Waals surface area contributed by atoms with E-state index in [9.17, 15) is 4.39 Å². The maximum absolute atomic E-state index is 13.1. The van der Waals surface area contributed by atoms with Crippen molar-refractivity contribution in [2.24, 2.45) is 0 Å². The number of rotatable bonds is 2.